The van der Waals surface area contributed by atoms with Crippen LogP contribution in [-0.4, -0.2) is 11.3 Å². The van der Waals surface area contributed by atoms with Crippen molar-refractivity contribution in [2.75, 3.05) is 0 Å². The zero-order valence-corrected chi connectivity index (χ0v) is 13.8. The van der Waals surface area contributed by atoms with Gasteiger partial charge in [-0.1, -0.05) is 59.7 Å². The lowest BCUT2D eigenvalue weighted by Crippen LogP contribution is -2.41. The van der Waals surface area contributed by atoms with Crippen LogP contribution in [0.25, 0.3) is 0 Å². The fourth-order valence-electron chi connectivity index (χ4n) is 2.21. The van der Waals surface area contributed by atoms with Crippen LogP contribution in [0, 0.1) is 0 Å². The molecule has 0 aromatic heterocycles. The molecule has 1 N–H and O–H groups in total. The van der Waals surface area contributed by atoms with Gasteiger partial charge in [0.15, 0.2) is 5.60 Å². The summed E-state index contributed by atoms with van der Waals surface area (Å²) in [5.74, 6) is 0. The Morgan fingerprint density at radius 1 is 0.762 bits per heavy atom. The SMILES string of the molecule is CC(C)(C)c1ccc(C(C)(O)C(F)(F)F)c(C(C)(C)C)c1. The maximum atomic E-state index is 13.2. The standard InChI is InChI=1S/C17H25F3O/c1-14(2,3)11-8-9-12(13(10-11)15(4,5)6)16(7,21)17(18,19)20/h8-10,21H,1-7H3. The second kappa shape index (κ2) is 5.01. The molecule has 4 heteroatoms. The van der Waals surface area contributed by atoms with E-state index < -0.39 is 17.2 Å². The predicted molar refractivity (Wildman–Crippen MR) is 79.5 cm³/mol. The first-order valence-corrected chi connectivity index (χ1v) is 7.03. The summed E-state index contributed by atoms with van der Waals surface area (Å²) in [6.45, 7) is 12.4. The number of halogens is 3. The number of hydrogen-bond donors (Lipinski definition) is 1. The molecule has 0 saturated carbocycles. The predicted octanol–water partition coefficient (Wildman–Crippen LogP) is 5.05. The van der Waals surface area contributed by atoms with Crippen LogP contribution in [0.5, 0.6) is 0 Å². The van der Waals surface area contributed by atoms with Gasteiger partial charge in [0.2, 0.25) is 0 Å². The van der Waals surface area contributed by atoms with Gasteiger partial charge in [-0.15, -0.1) is 0 Å². The minimum atomic E-state index is -4.71. The Morgan fingerprint density at radius 3 is 1.57 bits per heavy atom. The summed E-state index contributed by atoms with van der Waals surface area (Å²) < 4.78 is 39.5. The molecule has 0 saturated heterocycles. The third-order valence-electron chi connectivity index (χ3n) is 3.77. The third-order valence-corrected chi connectivity index (χ3v) is 3.77. The van der Waals surface area contributed by atoms with Crippen molar-refractivity contribution >= 4 is 0 Å². The molecule has 0 fully saturated rings. The lowest BCUT2D eigenvalue weighted by Gasteiger charge is -2.34. The van der Waals surface area contributed by atoms with Crippen molar-refractivity contribution in [3.8, 4) is 0 Å². The largest absolute Gasteiger partial charge is 0.421 e. The van der Waals surface area contributed by atoms with Gasteiger partial charge in [-0.25, -0.2) is 0 Å². The van der Waals surface area contributed by atoms with Gasteiger partial charge in [0.1, 0.15) is 0 Å². The summed E-state index contributed by atoms with van der Waals surface area (Å²) in [7, 11) is 0. The van der Waals surface area contributed by atoms with Crippen molar-refractivity contribution in [2.45, 2.75) is 71.1 Å². The van der Waals surface area contributed by atoms with Crippen molar-refractivity contribution in [1.82, 2.24) is 0 Å². The minimum absolute atomic E-state index is 0.0736. The lowest BCUT2D eigenvalue weighted by molar-refractivity contribution is -0.259. The Labute approximate surface area is 125 Å². The molecule has 1 rings (SSSR count). The molecule has 0 aliphatic rings. The van der Waals surface area contributed by atoms with Crippen LogP contribution in [0.2, 0.25) is 0 Å². The smallest absolute Gasteiger partial charge is 0.376 e. The van der Waals surface area contributed by atoms with Crippen LogP contribution in [0.4, 0.5) is 13.2 Å². The van der Waals surface area contributed by atoms with Gasteiger partial charge in [-0.05, 0) is 34.4 Å². The highest BCUT2D eigenvalue weighted by atomic mass is 19.4. The Kier molecular flexibility index (Phi) is 4.30. The van der Waals surface area contributed by atoms with Crippen molar-refractivity contribution in [3.05, 3.63) is 34.9 Å². The van der Waals surface area contributed by atoms with E-state index in [1.165, 1.54) is 6.07 Å². The molecule has 0 aliphatic carbocycles. The maximum Gasteiger partial charge on any atom is 0.421 e. The van der Waals surface area contributed by atoms with Gasteiger partial charge in [0.25, 0.3) is 0 Å². The van der Waals surface area contributed by atoms with Gasteiger partial charge in [0, 0.05) is 0 Å². The highest BCUT2D eigenvalue weighted by Gasteiger charge is 2.52. The van der Waals surface area contributed by atoms with Crippen LogP contribution in [0.3, 0.4) is 0 Å². The lowest BCUT2D eigenvalue weighted by atomic mass is 9.75. The van der Waals surface area contributed by atoms with E-state index in [1.807, 2.05) is 41.5 Å². The topological polar surface area (TPSA) is 20.2 Å². The molecule has 1 aromatic carbocycles. The van der Waals surface area contributed by atoms with E-state index in [4.69, 9.17) is 0 Å². The van der Waals surface area contributed by atoms with Crippen molar-refractivity contribution in [3.63, 3.8) is 0 Å². The fraction of sp³-hybridized carbons (Fsp3) is 0.647. The van der Waals surface area contributed by atoms with E-state index in [0.29, 0.717) is 5.56 Å². The first-order valence-electron chi connectivity index (χ1n) is 7.03. The Bertz CT molecular complexity index is 514. The number of aliphatic hydroxyl groups is 1. The first-order chi connectivity index (χ1) is 9.08. The molecule has 0 spiro atoms. The molecule has 0 heterocycles. The number of benzene rings is 1. The van der Waals surface area contributed by atoms with Gasteiger partial charge in [-0.3, -0.25) is 0 Å². The highest BCUT2D eigenvalue weighted by Crippen LogP contribution is 2.43. The van der Waals surface area contributed by atoms with Crippen LogP contribution in [-0.2, 0) is 16.4 Å². The van der Waals surface area contributed by atoms with E-state index in [0.717, 1.165) is 12.5 Å². The molecule has 1 nitrogen and oxygen atoms in total. The molecule has 0 amide bonds. The second-order valence-electron chi connectivity index (χ2n) is 7.83. The maximum absolute atomic E-state index is 13.2. The fourth-order valence-corrected chi connectivity index (χ4v) is 2.21. The summed E-state index contributed by atoms with van der Waals surface area (Å²) >= 11 is 0. The normalized spacial score (nSPS) is 16.7. The van der Waals surface area contributed by atoms with Crippen molar-refractivity contribution < 1.29 is 18.3 Å². The van der Waals surface area contributed by atoms with Crippen molar-refractivity contribution in [1.29, 1.82) is 0 Å². The minimum Gasteiger partial charge on any atom is -0.376 e. The summed E-state index contributed by atoms with van der Waals surface area (Å²) in [4.78, 5) is 0. The van der Waals surface area contributed by atoms with E-state index in [2.05, 4.69) is 0 Å². The van der Waals surface area contributed by atoms with Gasteiger partial charge in [-0.2, -0.15) is 13.2 Å². The molecule has 1 atom stereocenters. The molecular formula is C17H25F3O. The summed E-state index contributed by atoms with van der Waals surface area (Å²) in [5.41, 5.74) is -2.11. The number of hydrogen-bond acceptors (Lipinski definition) is 1. The first kappa shape index (κ1) is 18.0. The zero-order valence-electron chi connectivity index (χ0n) is 13.8. The van der Waals surface area contributed by atoms with Gasteiger partial charge in [0.05, 0.1) is 0 Å². The zero-order chi connectivity index (χ0) is 16.9. The average molecular weight is 302 g/mol. The van der Waals surface area contributed by atoms with Gasteiger partial charge < -0.3 is 5.11 Å². The molecule has 21 heavy (non-hydrogen) atoms. The van der Waals surface area contributed by atoms with Crippen LogP contribution >= 0.6 is 0 Å². The molecule has 0 bridgehead atoms. The summed E-state index contributed by atoms with van der Waals surface area (Å²) in [6.07, 6.45) is -4.71. The quantitative estimate of drug-likeness (QED) is 0.769. The molecule has 0 radical (unpaired) electrons. The second-order valence-corrected chi connectivity index (χ2v) is 7.83. The monoisotopic (exact) mass is 302 g/mol. The Hall–Kier alpha value is -1.03. The molecule has 1 unspecified atom stereocenters. The molecule has 0 aliphatic heterocycles. The van der Waals surface area contributed by atoms with Crippen LogP contribution in [0.1, 0.15) is 65.2 Å². The molecule has 120 valence electrons. The van der Waals surface area contributed by atoms with Crippen LogP contribution < -0.4 is 0 Å². The Balaban J connectivity index is 3.62. The summed E-state index contributed by atoms with van der Waals surface area (Å²) in [6, 6.07) is 4.87. The summed E-state index contributed by atoms with van der Waals surface area (Å²) in [5, 5.41) is 10.0. The third kappa shape index (κ3) is 3.60. The van der Waals surface area contributed by atoms with E-state index >= 15 is 0 Å². The van der Waals surface area contributed by atoms with Crippen LogP contribution in [0.15, 0.2) is 18.2 Å². The number of alkyl halides is 3. The Morgan fingerprint density at radius 2 is 1.24 bits per heavy atom. The number of rotatable bonds is 1. The van der Waals surface area contributed by atoms with E-state index in [9.17, 15) is 18.3 Å². The highest BCUT2D eigenvalue weighted by molar-refractivity contribution is 5.42. The van der Waals surface area contributed by atoms with E-state index in [-0.39, 0.29) is 11.0 Å². The van der Waals surface area contributed by atoms with E-state index in [1.54, 1.807) is 12.1 Å². The van der Waals surface area contributed by atoms with Crippen molar-refractivity contribution in [2.24, 2.45) is 0 Å². The molecular weight excluding hydrogens is 277 g/mol. The average Bonchev–Trinajstić information content (AvgIpc) is 2.24. The van der Waals surface area contributed by atoms with Gasteiger partial charge >= 0.3 is 6.18 Å². The molecule has 1 aromatic rings.